The molecular weight excluding hydrogens is 356 g/mol. The van der Waals surface area contributed by atoms with Gasteiger partial charge in [-0.05, 0) is 74.2 Å². The van der Waals surface area contributed by atoms with Crippen LogP contribution >= 0.6 is 0 Å². The van der Waals surface area contributed by atoms with Gasteiger partial charge >= 0.3 is 0 Å². The molecule has 4 aliphatic rings. The van der Waals surface area contributed by atoms with E-state index in [1.54, 1.807) is 5.57 Å². The van der Waals surface area contributed by atoms with E-state index in [1.165, 1.54) is 42.3 Å². The second-order valence-electron chi connectivity index (χ2n) is 10.6. The number of allylic oxidation sites excluding steroid dienone is 3. The second kappa shape index (κ2) is 6.07. The first kappa shape index (κ1) is 17.9. The minimum absolute atomic E-state index is 0.118. The van der Waals surface area contributed by atoms with Crippen molar-refractivity contribution in [2.75, 3.05) is 0 Å². The van der Waals surface area contributed by atoms with Gasteiger partial charge in [0.05, 0.1) is 17.8 Å². The van der Waals surface area contributed by atoms with Crippen molar-refractivity contribution in [1.29, 1.82) is 0 Å². The fraction of sp³-hybridized carbons (Fsp3) is 0.577. The number of nitrogens with zero attached hydrogens (tertiary/aromatic N) is 2. The van der Waals surface area contributed by atoms with Crippen LogP contribution in [0.15, 0.2) is 48.2 Å². The molecule has 1 heterocycles. The quantitative estimate of drug-likeness (QED) is 0.626. The SMILES string of the molecule is C[C@]12CC[C@H](O)CC1=CC[C@@H]1[C@@H]2CC[C@]2(C)C(n3ncc4ccccc43)=CC[C@@H]12. The zero-order valence-electron chi connectivity index (χ0n) is 17.6. The van der Waals surface area contributed by atoms with Gasteiger partial charge in [0.15, 0.2) is 0 Å². The predicted molar refractivity (Wildman–Crippen MR) is 117 cm³/mol. The van der Waals surface area contributed by atoms with E-state index in [0.29, 0.717) is 11.3 Å². The highest BCUT2D eigenvalue weighted by atomic mass is 16.3. The molecule has 0 aliphatic heterocycles. The van der Waals surface area contributed by atoms with Gasteiger partial charge in [0.25, 0.3) is 0 Å². The molecule has 3 heteroatoms. The van der Waals surface area contributed by atoms with E-state index in [4.69, 9.17) is 5.10 Å². The van der Waals surface area contributed by atoms with E-state index in [0.717, 1.165) is 31.1 Å². The summed E-state index contributed by atoms with van der Waals surface area (Å²) in [6, 6.07) is 8.59. The molecule has 1 N–H and O–H groups in total. The highest BCUT2D eigenvalue weighted by molar-refractivity contribution is 5.82. The Hall–Kier alpha value is -1.87. The summed E-state index contributed by atoms with van der Waals surface area (Å²) in [5.41, 5.74) is 4.75. The maximum atomic E-state index is 10.2. The van der Waals surface area contributed by atoms with Crippen molar-refractivity contribution in [1.82, 2.24) is 9.78 Å². The van der Waals surface area contributed by atoms with Crippen molar-refractivity contribution < 1.29 is 5.11 Å². The molecule has 4 aliphatic carbocycles. The predicted octanol–water partition coefficient (Wildman–Crippen LogP) is 5.81. The van der Waals surface area contributed by atoms with E-state index in [9.17, 15) is 5.11 Å². The van der Waals surface area contributed by atoms with Crippen LogP contribution in [0.2, 0.25) is 0 Å². The molecule has 0 saturated heterocycles. The van der Waals surface area contributed by atoms with Gasteiger partial charge in [-0.3, -0.25) is 0 Å². The zero-order chi connectivity index (χ0) is 19.8. The Morgan fingerprint density at radius 2 is 1.83 bits per heavy atom. The molecule has 2 fully saturated rings. The van der Waals surface area contributed by atoms with E-state index in [2.05, 4.69) is 54.9 Å². The van der Waals surface area contributed by atoms with Crippen molar-refractivity contribution >= 4 is 16.6 Å². The zero-order valence-corrected chi connectivity index (χ0v) is 17.6. The van der Waals surface area contributed by atoms with E-state index >= 15 is 0 Å². The first-order valence-electron chi connectivity index (χ1n) is 11.5. The lowest BCUT2D eigenvalue weighted by molar-refractivity contribution is -0.0250. The molecule has 6 rings (SSSR count). The fourth-order valence-electron chi connectivity index (χ4n) is 7.68. The molecule has 0 spiro atoms. The molecule has 3 nitrogen and oxygen atoms in total. The Morgan fingerprint density at radius 3 is 2.72 bits per heavy atom. The van der Waals surface area contributed by atoms with E-state index < -0.39 is 0 Å². The molecule has 0 amide bonds. The maximum absolute atomic E-state index is 10.2. The summed E-state index contributed by atoms with van der Waals surface area (Å²) in [6.45, 7) is 5.02. The third kappa shape index (κ3) is 2.37. The van der Waals surface area contributed by atoms with Crippen LogP contribution in [0.3, 0.4) is 0 Å². The molecule has 2 saturated carbocycles. The normalized spacial score (nSPS) is 41.3. The minimum Gasteiger partial charge on any atom is -0.393 e. The number of aromatic nitrogens is 2. The van der Waals surface area contributed by atoms with Gasteiger partial charge in [0, 0.05) is 16.5 Å². The number of aliphatic hydroxyl groups is 1. The summed E-state index contributed by atoms with van der Waals surface area (Å²) in [6.07, 6.45) is 14.9. The van der Waals surface area contributed by atoms with E-state index in [1.807, 2.05) is 6.20 Å². The lowest BCUT2D eigenvalue weighted by Crippen LogP contribution is -2.50. The largest absolute Gasteiger partial charge is 0.393 e. The van der Waals surface area contributed by atoms with Gasteiger partial charge in [0.2, 0.25) is 0 Å². The Kier molecular flexibility index (Phi) is 3.76. The van der Waals surface area contributed by atoms with Crippen LogP contribution in [-0.4, -0.2) is 21.0 Å². The van der Waals surface area contributed by atoms with Gasteiger partial charge in [0.1, 0.15) is 0 Å². The first-order valence-corrected chi connectivity index (χ1v) is 11.5. The molecule has 0 radical (unpaired) electrons. The van der Waals surface area contributed by atoms with Gasteiger partial charge < -0.3 is 5.11 Å². The molecular formula is C26H32N2O. The molecule has 1 aromatic heterocycles. The number of aliphatic hydroxyl groups excluding tert-OH is 1. The highest BCUT2D eigenvalue weighted by Gasteiger charge is 2.57. The summed E-state index contributed by atoms with van der Waals surface area (Å²) in [5.74, 6) is 2.24. The number of fused-ring (bicyclic) bond motifs is 6. The average Bonchev–Trinajstić information content (AvgIpc) is 3.29. The number of hydrogen-bond donors (Lipinski definition) is 1. The van der Waals surface area contributed by atoms with Crippen LogP contribution in [0, 0.1) is 28.6 Å². The summed E-state index contributed by atoms with van der Waals surface area (Å²) in [7, 11) is 0. The smallest absolute Gasteiger partial charge is 0.0737 e. The Morgan fingerprint density at radius 1 is 1.00 bits per heavy atom. The standard InChI is InChI=1S/C26H32N2O/c1-25-13-11-19(29)15-18(25)7-8-20-21-9-10-24(26(21,2)14-12-22(20)25)28-23-6-4-3-5-17(23)16-27-28/h3-7,10,16,19-22,29H,8-9,11-15H2,1-2H3/t19-,20-,21-,22-,25-,26-/m0/s1. The van der Waals surface area contributed by atoms with Crippen LogP contribution in [0.25, 0.3) is 16.6 Å². The van der Waals surface area contributed by atoms with E-state index in [-0.39, 0.29) is 11.5 Å². The lowest BCUT2D eigenvalue weighted by atomic mass is 9.48. The Bertz CT molecular complexity index is 1030. The number of benzene rings is 1. The number of hydrogen-bond acceptors (Lipinski definition) is 2. The van der Waals surface area contributed by atoms with Crippen LogP contribution in [0.1, 0.15) is 58.8 Å². The second-order valence-corrected chi connectivity index (χ2v) is 10.6. The molecule has 6 atom stereocenters. The lowest BCUT2D eigenvalue weighted by Gasteiger charge is -2.57. The molecule has 29 heavy (non-hydrogen) atoms. The van der Waals surface area contributed by atoms with Crippen LogP contribution in [0.5, 0.6) is 0 Å². The Labute approximate surface area is 173 Å². The minimum atomic E-state index is -0.118. The first-order chi connectivity index (χ1) is 14.0. The molecule has 0 unspecified atom stereocenters. The monoisotopic (exact) mass is 388 g/mol. The van der Waals surface area contributed by atoms with Crippen LogP contribution in [0.4, 0.5) is 0 Å². The summed E-state index contributed by atoms with van der Waals surface area (Å²) in [5, 5.41) is 16.3. The molecule has 1 aromatic carbocycles. The molecule has 2 aromatic rings. The molecule has 0 bridgehead atoms. The third-order valence-corrected chi connectivity index (χ3v) is 9.32. The van der Waals surface area contributed by atoms with Gasteiger partial charge in [-0.2, -0.15) is 5.10 Å². The van der Waals surface area contributed by atoms with Crippen molar-refractivity contribution in [3.8, 4) is 0 Å². The summed E-state index contributed by atoms with van der Waals surface area (Å²) >= 11 is 0. The van der Waals surface area contributed by atoms with Crippen LogP contribution in [-0.2, 0) is 0 Å². The number of para-hydroxylation sites is 1. The average molecular weight is 389 g/mol. The maximum Gasteiger partial charge on any atom is 0.0737 e. The van der Waals surface area contributed by atoms with Gasteiger partial charge in [-0.25, -0.2) is 4.68 Å². The van der Waals surface area contributed by atoms with Gasteiger partial charge in [-0.15, -0.1) is 0 Å². The number of rotatable bonds is 1. The van der Waals surface area contributed by atoms with Crippen molar-refractivity contribution in [3.05, 3.63) is 48.2 Å². The van der Waals surface area contributed by atoms with Crippen molar-refractivity contribution in [2.24, 2.45) is 28.6 Å². The Balaban J connectivity index is 1.36. The summed E-state index contributed by atoms with van der Waals surface area (Å²) < 4.78 is 2.23. The summed E-state index contributed by atoms with van der Waals surface area (Å²) in [4.78, 5) is 0. The topological polar surface area (TPSA) is 38.0 Å². The van der Waals surface area contributed by atoms with Crippen LogP contribution < -0.4 is 0 Å². The van der Waals surface area contributed by atoms with Crippen molar-refractivity contribution in [2.45, 2.75) is 64.9 Å². The highest BCUT2D eigenvalue weighted by Crippen LogP contribution is 2.65. The van der Waals surface area contributed by atoms with Crippen molar-refractivity contribution in [3.63, 3.8) is 0 Å². The third-order valence-electron chi connectivity index (χ3n) is 9.32. The molecule has 152 valence electrons. The fourth-order valence-corrected chi connectivity index (χ4v) is 7.68. The van der Waals surface area contributed by atoms with Gasteiger partial charge in [-0.1, -0.05) is 49.8 Å².